The summed E-state index contributed by atoms with van der Waals surface area (Å²) in [5, 5.41) is 5.48. The summed E-state index contributed by atoms with van der Waals surface area (Å²) in [7, 11) is 2.03. The first kappa shape index (κ1) is 19.1. The van der Waals surface area contributed by atoms with E-state index >= 15 is 0 Å². The van der Waals surface area contributed by atoms with Gasteiger partial charge < -0.3 is 4.74 Å². The summed E-state index contributed by atoms with van der Waals surface area (Å²) in [6.07, 6.45) is 5.88. The van der Waals surface area contributed by atoms with Gasteiger partial charge >= 0.3 is 0 Å². The number of ether oxygens (including phenoxy) is 1. The van der Waals surface area contributed by atoms with E-state index in [1.54, 1.807) is 12.4 Å². The van der Waals surface area contributed by atoms with Crippen molar-refractivity contribution in [1.29, 1.82) is 0 Å². The largest absolute Gasteiger partial charge is 0.492 e. The van der Waals surface area contributed by atoms with Crippen molar-refractivity contribution in [2.24, 2.45) is 0 Å². The molecule has 1 aliphatic rings. The summed E-state index contributed by atoms with van der Waals surface area (Å²) in [4.78, 5) is 6.24. The fraction of sp³-hybridized carbons (Fsp3) is 0.350. The van der Waals surface area contributed by atoms with Crippen molar-refractivity contribution in [2.75, 3.05) is 20.2 Å². The van der Waals surface area contributed by atoms with Crippen LogP contribution in [0.25, 0.3) is 11.4 Å². The molecule has 2 heterocycles. The Labute approximate surface area is 174 Å². The van der Waals surface area contributed by atoms with Gasteiger partial charge in [0.15, 0.2) is 10.6 Å². The Morgan fingerprint density at radius 2 is 2.04 bits per heavy atom. The molecule has 146 valence electrons. The molecule has 0 N–H and O–H groups in total. The topological polar surface area (TPSA) is 48.1 Å². The van der Waals surface area contributed by atoms with Crippen LogP contribution in [0, 0.1) is 4.77 Å². The van der Waals surface area contributed by atoms with Crippen molar-refractivity contribution in [1.82, 2.24) is 24.2 Å². The molecule has 4 rings (SSSR count). The van der Waals surface area contributed by atoms with Crippen LogP contribution in [0.5, 0.6) is 5.75 Å². The van der Waals surface area contributed by atoms with E-state index in [0.29, 0.717) is 24.3 Å². The molecule has 3 aromatic rings. The van der Waals surface area contributed by atoms with Crippen LogP contribution in [-0.4, -0.2) is 44.4 Å². The van der Waals surface area contributed by atoms with E-state index in [1.807, 2.05) is 48.1 Å². The molecule has 1 aliphatic carbocycles. The van der Waals surface area contributed by atoms with Crippen LogP contribution in [0.1, 0.15) is 18.9 Å². The lowest BCUT2D eigenvalue weighted by Crippen LogP contribution is -2.27. The predicted octanol–water partition coefficient (Wildman–Crippen LogP) is 4.43. The average molecular weight is 416 g/mol. The molecule has 6 nitrogen and oxygen atoms in total. The highest BCUT2D eigenvalue weighted by Crippen LogP contribution is 2.38. The van der Waals surface area contributed by atoms with E-state index in [9.17, 15) is 0 Å². The highest BCUT2D eigenvalue weighted by Gasteiger charge is 2.29. The smallest absolute Gasteiger partial charge is 0.199 e. The zero-order chi connectivity index (χ0) is 19.5. The minimum absolute atomic E-state index is 0.459. The van der Waals surface area contributed by atoms with Gasteiger partial charge in [-0.05, 0) is 62.4 Å². The van der Waals surface area contributed by atoms with Gasteiger partial charge in [0.1, 0.15) is 12.4 Å². The van der Waals surface area contributed by atoms with E-state index in [-0.39, 0.29) is 0 Å². The van der Waals surface area contributed by atoms with Crippen LogP contribution in [-0.2, 0) is 6.67 Å². The van der Waals surface area contributed by atoms with Gasteiger partial charge in [-0.3, -0.25) is 14.5 Å². The third-order valence-corrected chi connectivity index (χ3v) is 5.28. The number of likely N-dealkylation sites (N-methyl/N-ethyl adjacent to an activating group) is 1. The van der Waals surface area contributed by atoms with E-state index < -0.39 is 0 Å². The maximum absolute atomic E-state index is 5.99. The number of benzene rings is 1. The zero-order valence-corrected chi connectivity index (χ0v) is 17.2. The molecular weight excluding hydrogens is 394 g/mol. The van der Waals surface area contributed by atoms with Crippen LogP contribution in [0.2, 0.25) is 5.02 Å². The van der Waals surface area contributed by atoms with Crippen molar-refractivity contribution in [2.45, 2.75) is 25.6 Å². The monoisotopic (exact) mass is 415 g/mol. The number of nitrogens with zero attached hydrogens (tertiary/aromatic N) is 5. The summed E-state index contributed by atoms with van der Waals surface area (Å²) in [6.45, 7) is 1.91. The summed E-state index contributed by atoms with van der Waals surface area (Å²) in [5.74, 6) is 1.69. The number of aromatic nitrogens is 4. The highest BCUT2D eigenvalue weighted by atomic mass is 35.5. The summed E-state index contributed by atoms with van der Waals surface area (Å²) in [5.41, 5.74) is 1.04. The molecule has 0 amide bonds. The van der Waals surface area contributed by atoms with Gasteiger partial charge in [0.2, 0.25) is 0 Å². The van der Waals surface area contributed by atoms with Crippen LogP contribution in [0.4, 0.5) is 0 Å². The summed E-state index contributed by atoms with van der Waals surface area (Å²) < 4.78 is 10.6. The molecule has 28 heavy (non-hydrogen) atoms. The highest BCUT2D eigenvalue weighted by molar-refractivity contribution is 7.71. The molecule has 0 aliphatic heterocycles. The fourth-order valence-corrected chi connectivity index (χ4v) is 3.56. The second-order valence-electron chi connectivity index (χ2n) is 6.97. The molecule has 0 radical (unpaired) electrons. The molecule has 2 aromatic heterocycles. The molecular formula is C20H22ClN5OS. The van der Waals surface area contributed by atoms with Gasteiger partial charge in [-0.25, -0.2) is 4.68 Å². The van der Waals surface area contributed by atoms with Crippen molar-refractivity contribution in [3.05, 3.63) is 58.6 Å². The van der Waals surface area contributed by atoms with Crippen molar-refractivity contribution < 1.29 is 4.74 Å². The number of rotatable bonds is 8. The standard InChI is InChI=1S/C20H22ClN5OS/c1-24(11-12-27-18-4-2-3-16(21)13-18)14-25-20(28)26(17-5-6-17)19(23-25)15-7-9-22-10-8-15/h2-4,7-10,13,17H,5-6,11-12,14H2,1H3. The number of hydrogen-bond acceptors (Lipinski definition) is 5. The van der Waals surface area contributed by atoms with Gasteiger partial charge in [0.25, 0.3) is 0 Å². The van der Waals surface area contributed by atoms with Crippen LogP contribution >= 0.6 is 23.8 Å². The molecule has 0 spiro atoms. The third kappa shape index (κ3) is 4.43. The molecule has 0 bridgehead atoms. The minimum Gasteiger partial charge on any atom is -0.492 e. The van der Waals surface area contributed by atoms with E-state index in [2.05, 4.69) is 14.5 Å². The van der Waals surface area contributed by atoms with Crippen molar-refractivity contribution in [3.8, 4) is 17.1 Å². The molecule has 1 fully saturated rings. The molecule has 1 saturated carbocycles. The maximum atomic E-state index is 5.99. The predicted molar refractivity (Wildman–Crippen MR) is 112 cm³/mol. The Kier molecular flexibility index (Phi) is 5.75. The van der Waals surface area contributed by atoms with Crippen molar-refractivity contribution in [3.63, 3.8) is 0 Å². The first-order valence-electron chi connectivity index (χ1n) is 9.28. The van der Waals surface area contributed by atoms with Crippen LogP contribution < -0.4 is 4.74 Å². The molecule has 0 unspecified atom stereocenters. The number of halogens is 1. The Bertz CT molecular complexity index is 999. The number of pyridine rings is 1. The second-order valence-corrected chi connectivity index (χ2v) is 7.77. The van der Waals surface area contributed by atoms with E-state index in [1.165, 1.54) is 0 Å². The number of hydrogen-bond donors (Lipinski definition) is 0. The molecule has 8 heteroatoms. The zero-order valence-electron chi connectivity index (χ0n) is 15.7. The van der Waals surface area contributed by atoms with E-state index in [0.717, 1.165) is 41.3 Å². The van der Waals surface area contributed by atoms with Crippen LogP contribution in [0.15, 0.2) is 48.8 Å². The lowest BCUT2D eigenvalue weighted by atomic mass is 10.2. The first-order chi connectivity index (χ1) is 13.6. The molecule has 0 atom stereocenters. The van der Waals surface area contributed by atoms with Gasteiger partial charge in [0.05, 0.1) is 6.67 Å². The second kappa shape index (κ2) is 8.43. The SMILES string of the molecule is CN(CCOc1cccc(Cl)c1)Cn1nc(-c2ccncc2)n(C2CC2)c1=S. The fourth-order valence-electron chi connectivity index (χ4n) is 3.05. The van der Waals surface area contributed by atoms with Gasteiger partial charge in [-0.1, -0.05) is 17.7 Å². The lowest BCUT2D eigenvalue weighted by Gasteiger charge is -2.16. The summed E-state index contributed by atoms with van der Waals surface area (Å²) in [6, 6.07) is 11.8. The molecule has 0 saturated heterocycles. The Morgan fingerprint density at radius 1 is 1.25 bits per heavy atom. The minimum atomic E-state index is 0.459. The normalized spacial score (nSPS) is 13.8. The quantitative estimate of drug-likeness (QED) is 0.509. The first-order valence-corrected chi connectivity index (χ1v) is 10.1. The Hall–Kier alpha value is -2.22. The van der Waals surface area contributed by atoms with Crippen molar-refractivity contribution >= 4 is 23.8 Å². The third-order valence-electron chi connectivity index (χ3n) is 4.63. The Balaban J connectivity index is 1.43. The summed E-state index contributed by atoms with van der Waals surface area (Å²) >= 11 is 11.7. The maximum Gasteiger partial charge on any atom is 0.199 e. The lowest BCUT2D eigenvalue weighted by molar-refractivity contribution is 0.197. The van der Waals surface area contributed by atoms with Gasteiger partial charge in [-0.15, -0.1) is 0 Å². The Morgan fingerprint density at radius 3 is 2.75 bits per heavy atom. The van der Waals surface area contributed by atoms with Crippen LogP contribution in [0.3, 0.4) is 0 Å². The molecule has 1 aromatic carbocycles. The van der Waals surface area contributed by atoms with Gasteiger partial charge in [0, 0.05) is 35.6 Å². The average Bonchev–Trinajstić information content (AvgIpc) is 3.47. The van der Waals surface area contributed by atoms with E-state index in [4.69, 9.17) is 33.7 Å². The van der Waals surface area contributed by atoms with Gasteiger partial charge in [-0.2, -0.15) is 5.10 Å².